The van der Waals surface area contributed by atoms with Gasteiger partial charge in [-0.3, -0.25) is 0 Å². The Morgan fingerprint density at radius 3 is 2.52 bits per heavy atom. The van der Waals surface area contributed by atoms with Gasteiger partial charge in [0.1, 0.15) is 11.6 Å². The number of nitrogens with one attached hydrogen (secondary N) is 2. The zero-order valence-electron chi connectivity index (χ0n) is 11.3. The molecule has 0 unspecified atom stereocenters. The molecule has 0 fully saturated rings. The second-order valence-electron chi connectivity index (χ2n) is 4.13. The number of anilines is 2. The monoisotopic (exact) mass is 308 g/mol. The fourth-order valence-electron chi connectivity index (χ4n) is 1.69. The molecule has 6 heteroatoms. The number of carbonyl (C=O) groups excluding carboxylic acids is 1. The van der Waals surface area contributed by atoms with E-state index in [0.717, 1.165) is 0 Å². The van der Waals surface area contributed by atoms with E-state index in [1.807, 2.05) is 6.92 Å². The summed E-state index contributed by atoms with van der Waals surface area (Å²) in [6.07, 6.45) is 0. The first-order valence-corrected chi connectivity index (χ1v) is 6.73. The van der Waals surface area contributed by atoms with Crippen LogP contribution in [0.15, 0.2) is 42.5 Å². The average Bonchev–Trinajstić information content (AvgIpc) is 2.45. The van der Waals surface area contributed by atoms with Crippen LogP contribution in [-0.2, 0) is 0 Å². The van der Waals surface area contributed by atoms with E-state index < -0.39 is 11.8 Å². The van der Waals surface area contributed by atoms with E-state index in [0.29, 0.717) is 18.0 Å². The van der Waals surface area contributed by atoms with Crippen LogP contribution in [0.4, 0.5) is 20.6 Å². The summed E-state index contributed by atoms with van der Waals surface area (Å²) in [5.41, 5.74) is 0.506. The Hall–Kier alpha value is -2.27. The van der Waals surface area contributed by atoms with Crippen molar-refractivity contribution in [2.75, 3.05) is 17.2 Å². The first-order valence-electron chi connectivity index (χ1n) is 6.35. The first-order chi connectivity index (χ1) is 10.1. The Morgan fingerprint density at radius 1 is 1.19 bits per heavy atom. The molecule has 2 aromatic carbocycles. The third-order valence-electron chi connectivity index (χ3n) is 2.62. The van der Waals surface area contributed by atoms with E-state index in [1.54, 1.807) is 24.3 Å². The second kappa shape index (κ2) is 6.95. The Morgan fingerprint density at radius 2 is 1.90 bits per heavy atom. The Balaban J connectivity index is 2.01. The van der Waals surface area contributed by atoms with Gasteiger partial charge >= 0.3 is 6.03 Å². The minimum Gasteiger partial charge on any atom is -0.494 e. The predicted molar refractivity (Wildman–Crippen MR) is 81.7 cm³/mol. The van der Waals surface area contributed by atoms with Crippen molar-refractivity contribution in [2.24, 2.45) is 0 Å². The number of urea groups is 1. The van der Waals surface area contributed by atoms with Crippen LogP contribution >= 0.6 is 11.6 Å². The molecular weight excluding hydrogens is 295 g/mol. The molecule has 0 heterocycles. The lowest BCUT2D eigenvalue weighted by molar-refractivity contribution is 0.262. The largest absolute Gasteiger partial charge is 0.494 e. The van der Waals surface area contributed by atoms with Crippen LogP contribution in [-0.4, -0.2) is 12.6 Å². The average molecular weight is 309 g/mol. The highest BCUT2D eigenvalue weighted by molar-refractivity contribution is 6.33. The number of rotatable bonds is 4. The maximum atomic E-state index is 13.5. The molecule has 0 saturated heterocycles. The lowest BCUT2D eigenvalue weighted by atomic mass is 10.3. The smallest absolute Gasteiger partial charge is 0.323 e. The second-order valence-corrected chi connectivity index (χ2v) is 4.54. The molecule has 110 valence electrons. The first kappa shape index (κ1) is 15.1. The number of hydrogen-bond donors (Lipinski definition) is 2. The van der Waals surface area contributed by atoms with Crippen LogP contribution in [0.1, 0.15) is 6.92 Å². The number of ether oxygens (including phenoxy) is 1. The van der Waals surface area contributed by atoms with Crippen molar-refractivity contribution in [3.8, 4) is 5.75 Å². The van der Waals surface area contributed by atoms with Crippen LogP contribution < -0.4 is 15.4 Å². The Kier molecular flexibility index (Phi) is 5.00. The van der Waals surface area contributed by atoms with Gasteiger partial charge in [-0.2, -0.15) is 0 Å². The summed E-state index contributed by atoms with van der Waals surface area (Å²) in [6.45, 7) is 2.46. The molecule has 2 amide bonds. The van der Waals surface area contributed by atoms with Gasteiger partial charge in [-0.25, -0.2) is 9.18 Å². The molecule has 4 nitrogen and oxygen atoms in total. The quantitative estimate of drug-likeness (QED) is 0.872. The molecule has 0 atom stereocenters. The number of benzene rings is 2. The normalized spacial score (nSPS) is 10.0. The summed E-state index contributed by atoms with van der Waals surface area (Å²) in [5.74, 6) is 0.116. The highest BCUT2D eigenvalue weighted by Crippen LogP contribution is 2.24. The van der Waals surface area contributed by atoms with E-state index in [-0.39, 0.29) is 10.7 Å². The zero-order valence-corrected chi connectivity index (χ0v) is 12.1. The number of halogens is 2. The molecule has 0 radical (unpaired) electrons. The molecule has 2 aromatic rings. The van der Waals surface area contributed by atoms with Gasteiger partial charge < -0.3 is 15.4 Å². The molecule has 0 aliphatic heterocycles. The van der Waals surface area contributed by atoms with Gasteiger partial charge in [-0.05, 0) is 43.3 Å². The van der Waals surface area contributed by atoms with E-state index in [2.05, 4.69) is 10.6 Å². The van der Waals surface area contributed by atoms with Gasteiger partial charge in [0.25, 0.3) is 0 Å². The van der Waals surface area contributed by atoms with Crippen molar-refractivity contribution in [3.05, 3.63) is 53.3 Å². The molecule has 21 heavy (non-hydrogen) atoms. The number of hydrogen-bond acceptors (Lipinski definition) is 2. The van der Waals surface area contributed by atoms with Crippen LogP contribution in [0.2, 0.25) is 5.02 Å². The minimum atomic E-state index is -0.593. The summed E-state index contributed by atoms with van der Waals surface area (Å²) in [6, 6.07) is 10.4. The van der Waals surface area contributed by atoms with E-state index in [9.17, 15) is 9.18 Å². The van der Waals surface area contributed by atoms with Crippen molar-refractivity contribution >= 4 is 29.0 Å². The number of carbonyl (C=O) groups is 1. The summed E-state index contributed by atoms with van der Waals surface area (Å²) in [7, 11) is 0. The fraction of sp³-hybridized carbons (Fsp3) is 0.133. The Bertz CT molecular complexity index is 612. The highest BCUT2D eigenvalue weighted by Gasteiger charge is 2.10. The molecule has 0 aliphatic carbocycles. The summed E-state index contributed by atoms with van der Waals surface area (Å²) in [5, 5.41) is 5.10. The van der Waals surface area contributed by atoms with Crippen molar-refractivity contribution in [3.63, 3.8) is 0 Å². The van der Waals surface area contributed by atoms with Gasteiger partial charge in [-0.15, -0.1) is 0 Å². The van der Waals surface area contributed by atoms with Gasteiger partial charge in [0.05, 0.1) is 17.3 Å². The van der Waals surface area contributed by atoms with Crippen molar-refractivity contribution in [1.29, 1.82) is 0 Å². The number of para-hydroxylation sites is 1. The van der Waals surface area contributed by atoms with E-state index in [1.165, 1.54) is 18.2 Å². The molecular formula is C15H14ClFN2O2. The maximum absolute atomic E-state index is 13.5. The van der Waals surface area contributed by atoms with Crippen molar-refractivity contribution in [1.82, 2.24) is 0 Å². The zero-order chi connectivity index (χ0) is 15.2. The van der Waals surface area contributed by atoms with Crippen LogP contribution in [0.5, 0.6) is 5.75 Å². The van der Waals surface area contributed by atoms with Crippen molar-refractivity contribution < 1.29 is 13.9 Å². The molecule has 0 spiro atoms. The molecule has 2 rings (SSSR count). The fourth-order valence-corrected chi connectivity index (χ4v) is 1.90. The van der Waals surface area contributed by atoms with Crippen LogP contribution in [0, 0.1) is 5.82 Å². The standard InChI is InChI=1S/C15H14ClFN2O2/c1-2-21-11-8-6-10(7-9-11)18-15(20)19-14-12(16)4-3-5-13(14)17/h3-9H,2H2,1H3,(H2,18,19,20). The SMILES string of the molecule is CCOc1ccc(NC(=O)Nc2c(F)cccc2Cl)cc1. The topological polar surface area (TPSA) is 50.4 Å². The van der Waals surface area contributed by atoms with E-state index >= 15 is 0 Å². The van der Waals surface area contributed by atoms with Gasteiger partial charge in [-0.1, -0.05) is 17.7 Å². The molecule has 2 N–H and O–H groups in total. The highest BCUT2D eigenvalue weighted by atomic mass is 35.5. The third kappa shape index (κ3) is 4.10. The molecule has 0 saturated carbocycles. The van der Waals surface area contributed by atoms with Gasteiger partial charge in [0.2, 0.25) is 0 Å². The lowest BCUT2D eigenvalue weighted by Gasteiger charge is -2.10. The van der Waals surface area contributed by atoms with Crippen molar-refractivity contribution in [2.45, 2.75) is 6.92 Å². The van der Waals surface area contributed by atoms with Crippen LogP contribution in [0.25, 0.3) is 0 Å². The summed E-state index contributed by atoms with van der Waals surface area (Å²) in [4.78, 5) is 11.8. The summed E-state index contributed by atoms with van der Waals surface area (Å²) >= 11 is 5.83. The van der Waals surface area contributed by atoms with E-state index in [4.69, 9.17) is 16.3 Å². The minimum absolute atomic E-state index is 0.0531. The molecule has 0 aromatic heterocycles. The third-order valence-corrected chi connectivity index (χ3v) is 2.94. The van der Waals surface area contributed by atoms with Crippen LogP contribution in [0.3, 0.4) is 0 Å². The Labute approximate surface area is 126 Å². The number of amides is 2. The maximum Gasteiger partial charge on any atom is 0.323 e. The predicted octanol–water partition coefficient (Wildman–Crippen LogP) is 4.52. The lowest BCUT2D eigenvalue weighted by Crippen LogP contribution is -2.20. The van der Waals surface area contributed by atoms with Gasteiger partial charge in [0.15, 0.2) is 0 Å². The summed E-state index contributed by atoms with van der Waals surface area (Å²) < 4.78 is 18.8. The van der Waals surface area contributed by atoms with Gasteiger partial charge in [0, 0.05) is 5.69 Å². The molecule has 0 aliphatic rings. The molecule has 0 bridgehead atoms.